The Morgan fingerprint density at radius 2 is 1.77 bits per heavy atom. The number of aryl methyl sites for hydroxylation is 2. The minimum absolute atomic E-state index is 0.338. The lowest BCUT2D eigenvalue weighted by Crippen LogP contribution is -2.22. The molecule has 0 spiro atoms. The first-order chi connectivity index (χ1) is 14.9. The second kappa shape index (κ2) is 8.49. The molecule has 0 aliphatic carbocycles. The Labute approximate surface area is 180 Å². The van der Waals surface area contributed by atoms with Crippen molar-refractivity contribution < 1.29 is 23.4 Å². The van der Waals surface area contributed by atoms with Crippen molar-refractivity contribution in [3.05, 3.63) is 76.7 Å². The Bertz CT molecular complexity index is 1060. The van der Waals surface area contributed by atoms with E-state index in [2.05, 4.69) is 17.0 Å². The standard InChI is InChI=1S/C23H24FN3O4/c1-15-20(22(27(4)26-15)30-19-11-9-18(24)10-12-19)21(31-25-3)16-5-7-17(8-6-16)23(2)28-13-14-29-23/h5-12,21H,3,13-14H2,1-2,4H3. The summed E-state index contributed by atoms with van der Waals surface area (Å²) in [5.41, 5.74) is 3.15. The highest BCUT2D eigenvalue weighted by atomic mass is 19.1. The molecule has 1 aliphatic rings. The summed E-state index contributed by atoms with van der Waals surface area (Å²) in [5, 5.41) is 8.15. The van der Waals surface area contributed by atoms with Gasteiger partial charge in [-0.05, 0) is 43.7 Å². The predicted octanol–water partition coefficient (Wildman–Crippen LogP) is 4.60. The fraction of sp³-hybridized carbons (Fsp3) is 0.304. The van der Waals surface area contributed by atoms with Gasteiger partial charge in [0.15, 0.2) is 11.9 Å². The van der Waals surface area contributed by atoms with Crippen molar-refractivity contribution in [2.24, 2.45) is 12.2 Å². The number of oxime groups is 1. The Morgan fingerprint density at radius 3 is 2.39 bits per heavy atom. The van der Waals surface area contributed by atoms with E-state index in [4.69, 9.17) is 19.0 Å². The molecule has 3 aromatic rings. The van der Waals surface area contributed by atoms with E-state index >= 15 is 0 Å². The van der Waals surface area contributed by atoms with Crippen molar-refractivity contribution in [1.29, 1.82) is 0 Å². The molecule has 4 rings (SSSR count). The van der Waals surface area contributed by atoms with E-state index in [0.717, 1.165) is 11.1 Å². The topological polar surface area (TPSA) is 67.1 Å². The Kier molecular flexibility index (Phi) is 5.75. The van der Waals surface area contributed by atoms with Crippen LogP contribution < -0.4 is 4.74 Å². The van der Waals surface area contributed by atoms with E-state index in [1.165, 1.54) is 12.1 Å². The molecular weight excluding hydrogens is 401 g/mol. The van der Waals surface area contributed by atoms with Gasteiger partial charge in [-0.2, -0.15) is 5.10 Å². The minimum atomic E-state index is -0.757. The van der Waals surface area contributed by atoms with Crippen molar-refractivity contribution in [3.63, 3.8) is 0 Å². The summed E-state index contributed by atoms with van der Waals surface area (Å²) in [6.45, 7) is 8.36. The van der Waals surface area contributed by atoms with Crippen LogP contribution in [0.15, 0.2) is 53.7 Å². The first-order valence-electron chi connectivity index (χ1n) is 9.88. The molecule has 2 heterocycles. The summed E-state index contributed by atoms with van der Waals surface area (Å²) in [7, 11) is 1.77. The number of benzene rings is 2. The van der Waals surface area contributed by atoms with Gasteiger partial charge in [0.2, 0.25) is 5.88 Å². The number of hydrogen-bond acceptors (Lipinski definition) is 6. The molecule has 0 amide bonds. The molecule has 8 heteroatoms. The highest BCUT2D eigenvalue weighted by molar-refractivity contribution is 5.43. The molecule has 162 valence electrons. The molecule has 1 fully saturated rings. The highest BCUT2D eigenvalue weighted by Crippen LogP contribution is 2.39. The highest BCUT2D eigenvalue weighted by Gasteiger charge is 2.34. The molecule has 0 radical (unpaired) electrons. The Hall–Kier alpha value is -3.23. The van der Waals surface area contributed by atoms with Crippen LogP contribution in [-0.4, -0.2) is 29.7 Å². The van der Waals surface area contributed by atoms with Crippen LogP contribution in [0.4, 0.5) is 4.39 Å². The summed E-state index contributed by atoms with van der Waals surface area (Å²) < 4.78 is 32.4. The van der Waals surface area contributed by atoms with E-state index in [0.29, 0.717) is 36.1 Å². The maximum Gasteiger partial charge on any atom is 0.225 e. The van der Waals surface area contributed by atoms with Crippen molar-refractivity contribution in [1.82, 2.24) is 9.78 Å². The van der Waals surface area contributed by atoms with Gasteiger partial charge in [0, 0.05) is 19.3 Å². The van der Waals surface area contributed by atoms with E-state index in [-0.39, 0.29) is 5.82 Å². The summed E-state index contributed by atoms with van der Waals surface area (Å²) in [5.74, 6) is -0.145. The zero-order valence-corrected chi connectivity index (χ0v) is 17.7. The summed E-state index contributed by atoms with van der Waals surface area (Å²) >= 11 is 0. The van der Waals surface area contributed by atoms with E-state index in [9.17, 15) is 4.39 Å². The second-order valence-electron chi connectivity index (χ2n) is 7.36. The van der Waals surface area contributed by atoms with Gasteiger partial charge in [0.1, 0.15) is 11.6 Å². The van der Waals surface area contributed by atoms with Crippen LogP contribution in [0.1, 0.15) is 35.4 Å². The number of ether oxygens (including phenoxy) is 3. The molecule has 1 atom stereocenters. The third-order valence-electron chi connectivity index (χ3n) is 5.26. The number of aromatic nitrogens is 2. The van der Waals surface area contributed by atoms with E-state index in [1.807, 2.05) is 38.1 Å². The fourth-order valence-corrected chi connectivity index (χ4v) is 3.69. The van der Waals surface area contributed by atoms with Gasteiger partial charge in [-0.1, -0.05) is 24.3 Å². The zero-order valence-electron chi connectivity index (χ0n) is 17.7. The fourth-order valence-electron chi connectivity index (χ4n) is 3.69. The molecule has 1 aromatic heterocycles. The lowest BCUT2D eigenvalue weighted by molar-refractivity contribution is -0.149. The molecule has 1 aliphatic heterocycles. The van der Waals surface area contributed by atoms with Crippen molar-refractivity contribution in [2.75, 3.05) is 13.2 Å². The number of halogens is 1. The van der Waals surface area contributed by atoms with Crippen LogP contribution in [0.5, 0.6) is 11.6 Å². The average molecular weight is 425 g/mol. The van der Waals surface area contributed by atoms with Crippen LogP contribution in [0.3, 0.4) is 0 Å². The smallest absolute Gasteiger partial charge is 0.225 e. The first kappa shape index (κ1) is 21.0. The van der Waals surface area contributed by atoms with Gasteiger partial charge in [-0.15, -0.1) is 5.16 Å². The molecule has 1 saturated heterocycles. The normalized spacial score (nSPS) is 16.1. The molecule has 1 unspecified atom stereocenters. The van der Waals surface area contributed by atoms with Crippen LogP contribution in [-0.2, 0) is 27.1 Å². The lowest BCUT2D eigenvalue weighted by Gasteiger charge is -2.23. The largest absolute Gasteiger partial charge is 0.439 e. The molecule has 0 saturated carbocycles. The quantitative estimate of drug-likeness (QED) is 0.409. The summed E-state index contributed by atoms with van der Waals surface area (Å²) in [6, 6.07) is 13.5. The Balaban J connectivity index is 1.70. The molecule has 7 nitrogen and oxygen atoms in total. The third kappa shape index (κ3) is 4.17. The number of nitrogens with zero attached hydrogens (tertiary/aromatic N) is 3. The van der Waals surface area contributed by atoms with Crippen molar-refractivity contribution in [2.45, 2.75) is 25.7 Å². The summed E-state index contributed by atoms with van der Waals surface area (Å²) in [4.78, 5) is 5.65. The van der Waals surface area contributed by atoms with Gasteiger partial charge >= 0.3 is 0 Å². The second-order valence-corrected chi connectivity index (χ2v) is 7.36. The van der Waals surface area contributed by atoms with Crippen molar-refractivity contribution >= 4 is 6.72 Å². The van der Waals surface area contributed by atoms with Gasteiger partial charge in [-0.25, -0.2) is 9.07 Å². The average Bonchev–Trinajstić information content (AvgIpc) is 3.32. The Morgan fingerprint density at radius 1 is 1.13 bits per heavy atom. The third-order valence-corrected chi connectivity index (χ3v) is 5.26. The first-order valence-corrected chi connectivity index (χ1v) is 9.88. The minimum Gasteiger partial charge on any atom is -0.439 e. The number of hydrogen-bond donors (Lipinski definition) is 0. The van der Waals surface area contributed by atoms with Crippen LogP contribution in [0.2, 0.25) is 0 Å². The molecule has 31 heavy (non-hydrogen) atoms. The predicted molar refractivity (Wildman–Crippen MR) is 113 cm³/mol. The van der Waals surface area contributed by atoms with Crippen LogP contribution in [0.25, 0.3) is 0 Å². The van der Waals surface area contributed by atoms with E-state index < -0.39 is 11.9 Å². The lowest BCUT2D eigenvalue weighted by atomic mass is 9.98. The maximum absolute atomic E-state index is 13.3. The molecule has 0 N–H and O–H groups in total. The SMILES string of the molecule is C=NOC(c1ccc(C2(C)OCCO2)cc1)c1c(C)nn(C)c1Oc1ccc(F)cc1. The number of rotatable bonds is 7. The maximum atomic E-state index is 13.3. The molecular formula is C23H24FN3O4. The van der Waals surface area contributed by atoms with Crippen LogP contribution >= 0.6 is 0 Å². The molecule has 0 bridgehead atoms. The van der Waals surface area contributed by atoms with E-state index in [1.54, 1.807) is 23.9 Å². The van der Waals surface area contributed by atoms with Gasteiger partial charge in [0.25, 0.3) is 0 Å². The van der Waals surface area contributed by atoms with Gasteiger partial charge in [-0.3, -0.25) is 0 Å². The monoisotopic (exact) mass is 425 g/mol. The molecule has 2 aromatic carbocycles. The zero-order chi connectivity index (χ0) is 22.0. The van der Waals surface area contributed by atoms with Gasteiger partial charge in [0.05, 0.1) is 24.5 Å². The van der Waals surface area contributed by atoms with Crippen molar-refractivity contribution in [3.8, 4) is 11.6 Å². The summed E-state index contributed by atoms with van der Waals surface area (Å²) in [6.07, 6.45) is -0.603. The van der Waals surface area contributed by atoms with Gasteiger partial charge < -0.3 is 19.0 Å². The van der Waals surface area contributed by atoms with Crippen LogP contribution in [0, 0.1) is 12.7 Å².